The Morgan fingerprint density at radius 3 is 2.00 bits per heavy atom. The molecule has 0 aromatic rings. The molecule has 0 amide bonds. The third-order valence-electron chi connectivity index (χ3n) is 3.46. The van der Waals surface area contributed by atoms with E-state index in [1.165, 1.54) is 0 Å². The maximum atomic E-state index is 11.0. The van der Waals surface area contributed by atoms with Crippen molar-refractivity contribution in [1.82, 2.24) is 9.80 Å². The van der Waals surface area contributed by atoms with Gasteiger partial charge in [-0.2, -0.15) is 0 Å². The fourth-order valence-electron chi connectivity index (χ4n) is 1.95. The first-order valence-electron chi connectivity index (χ1n) is 5.32. The average molecular weight is 198 g/mol. The van der Waals surface area contributed by atoms with Crippen LogP contribution >= 0.6 is 0 Å². The van der Waals surface area contributed by atoms with E-state index in [2.05, 4.69) is 30.7 Å². The molecule has 1 rings (SSSR count). The van der Waals surface area contributed by atoms with E-state index < -0.39 is 0 Å². The monoisotopic (exact) mass is 198 g/mol. The molecule has 1 fully saturated rings. The van der Waals surface area contributed by atoms with E-state index in [1.54, 1.807) is 0 Å². The molecule has 2 atom stereocenters. The number of hydrogen-bond donors (Lipinski definition) is 0. The van der Waals surface area contributed by atoms with Crippen LogP contribution in [0.25, 0.3) is 0 Å². The smallest absolute Gasteiger partial charge is 0.139 e. The van der Waals surface area contributed by atoms with Crippen molar-refractivity contribution < 1.29 is 4.79 Å². The lowest BCUT2D eigenvalue weighted by atomic mass is 9.99. The van der Waals surface area contributed by atoms with Gasteiger partial charge in [0, 0.05) is 25.2 Å². The summed E-state index contributed by atoms with van der Waals surface area (Å²) >= 11 is 0. The Balaban J connectivity index is 2.71. The lowest BCUT2D eigenvalue weighted by Gasteiger charge is -2.47. The SMILES string of the molecule is C[C@@H]1CN(C(C)(C)C=O)C[C@H](C)N1C. The summed E-state index contributed by atoms with van der Waals surface area (Å²) in [6.07, 6.45) is 1.05. The van der Waals surface area contributed by atoms with Gasteiger partial charge in [0.1, 0.15) is 6.29 Å². The molecule has 0 unspecified atom stereocenters. The number of carbonyl (C=O) groups excluding carboxylic acids is 1. The zero-order chi connectivity index (χ0) is 10.9. The molecule has 0 bridgehead atoms. The lowest BCUT2D eigenvalue weighted by molar-refractivity contribution is -0.119. The Morgan fingerprint density at radius 2 is 1.64 bits per heavy atom. The average Bonchev–Trinajstić information content (AvgIpc) is 2.13. The van der Waals surface area contributed by atoms with Gasteiger partial charge in [0.25, 0.3) is 0 Å². The van der Waals surface area contributed by atoms with Gasteiger partial charge in [-0.1, -0.05) is 0 Å². The van der Waals surface area contributed by atoms with Crippen molar-refractivity contribution in [2.45, 2.75) is 45.3 Å². The molecule has 0 aromatic carbocycles. The van der Waals surface area contributed by atoms with E-state index in [0.29, 0.717) is 12.1 Å². The van der Waals surface area contributed by atoms with E-state index in [4.69, 9.17) is 0 Å². The van der Waals surface area contributed by atoms with Crippen molar-refractivity contribution in [2.75, 3.05) is 20.1 Å². The standard InChI is InChI=1S/C11H22N2O/c1-9-6-13(11(3,4)8-14)7-10(2)12(9)5/h8-10H,6-7H2,1-5H3/t9-,10+. The van der Waals surface area contributed by atoms with Crippen LogP contribution in [0.3, 0.4) is 0 Å². The molecule has 0 N–H and O–H groups in total. The summed E-state index contributed by atoms with van der Waals surface area (Å²) < 4.78 is 0. The zero-order valence-electron chi connectivity index (χ0n) is 9.95. The highest BCUT2D eigenvalue weighted by Gasteiger charge is 2.34. The summed E-state index contributed by atoms with van der Waals surface area (Å²) in [4.78, 5) is 15.6. The van der Waals surface area contributed by atoms with Crippen molar-refractivity contribution >= 4 is 6.29 Å². The van der Waals surface area contributed by atoms with Crippen LogP contribution in [-0.2, 0) is 4.79 Å². The van der Waals surface area contributed by atoms with Crippen LogP contribution in [-0.4, -0.2) is 53.8 Å². The summed E-state index contributed by atoms with van der Waals surface area (Å²) in [6, 6.07) is 1.05. The van der Waals surface area contributed by atoms with E-state index >= 15 is 0 Å². The predicted octanol–water partition coefficient (Wildman–Crippen LogP) is 0.988. The minimum absolute atomic E-state index is 0.316. The van der Waals surface area contributed by atoms with E-state index in [1.807, 2.05) is 13.8 Å². The molecule has 0 radical (unpaired) electrons. The molecule has 1 aliphatic rings. The molecular weight excluding hydrogens is 176 g/mol. The van der Waals surface area contributed by atoms with Gasteiger partial charge in [-0.05, 0) is 34.7 Å². The molecular formula is C11H22N2O. The summed E-state index contributed by atoms with van der Waals surface area (Å²) in [5, 5.41) is 0. The van der Waals surface area contributed by atoms with Crippen LogP contribution in [0.2, 0.25) is 0 Å². The van der Waals surface area contributed by atoms with Crippen molar-refractivity contribution in [3.63, 3.8) is 0 Å². The highest BCUT2D eigenvalue weighted by molar-refractivity contribution is 5.62. The fraction of sp³-hybridized carbons (Fsp3) is 0.909. The van der Waals surface area contributed by atoms with Crippen LogP contribution < -0.4 is 0 Å². The Morgan fingerprint density at radius 1 is 1.21 bits per heavy atom. The third kappa shape index (κ3) is 2.15. The number of nitrogens with zero attached hydrogens (tertiary/aromatic N) is 2. The molecule has 3 heteroatoms. The largest absolute Gasteiger partial charge is 0.301 e. The number of piperazine rings is 1. The maximum absolute atomic E-state index is 11.0. The molecule has 14 heavy (non-hydrogen) atoms. The van der Waals surface area contributed by atoms with Crippen LogP contribution in [0, 0.1) is 0 Å². The Kier molecular flexibility index (Phi) is 3.32. The summed E-state index contributed by atoms with van der Waals surface area (Å²) in [5.41, 5.74) is -0.316. The highest BCUT2D eigenvalue weighted by Crippen LogP contribution is 2.20. The maximum Gasteiger partial charge on any atom is 0.139 e. The van der Waals surface area contributed by atoms with E-state index in [9.17, 15) is 4.79 Å². The quantitative estimate of drug-likeness (QED) is 0.618. The van der Waals surface area contributed by atoms with Crippen molar-refractivity contribution in [2.24, 2.45) is 0 Å². The van der Waals surface area contributed by atoms with E-state index in [-0.39, 0.29) is 5.54 Å². The Hall–Kier alpha value is -0.410. The van der Waals surface area contributed by atoms with Gasteiger partial charge in [-0.15, -0.1) is 0 Å². The second-order valence-corrected chi connectivity index (χ2v) is 5.04. The zero-order valence-corrected chi connectivity index (χ0v) is 9.95. The summed E-state index contributed by atoms with van der Waals surface area (Å²) in [7, 11) is 2.15. The van der Waals surface area contributed by atoms with Gasteiger partial charge in [-0.3, -0.25) is 9.80 Å². The molecule has 0 spiro atoms. The predicted molar refractivity (Wildman–Crippen MR) is 58.4 cm³/mol. The van der Waals surface area contributed by atoms with Gasteiger partial charge in [-0.25, -0.2) is 0 Å². The van der Waals surface area contributed by atoms with Crippen LogP contribution in [0.5, 0.6) is 0 Å². The Bertz CT molecular complexity index is 203. The molecule has 0 aromatic heterocycles. The van der Waals surface area contributed by atoms with E-state index in [0.717, 1.165) is 19.4 Å². The first kappa shape index (κ1) is 11.7. The van der Waals surface area contributed by atoms with Gasteiger partial charge in [0.05, 0.1) is 5.54 Å². The number of likely N-dealkylation sites (N-methyl/N-ethyl adjacent to an activating group) is 1. The van der Waals surface area contributed by atoms with Gasteiger partial charge in [0.15, 0.2) is 0 Å². The van der Waals surface area contributed by atoms with Crippen molar-refractivity contribution in [3.8, 4) is 0 Å². The molecule has 0 saturated carbocycles. The number of aldehydes is 1. The molecule has 1 saturated heterocycles. The van der Waals surface area contributed by atoms with Gasteiger partial charge in [0.2, 0.25) is 0 Å². The van der Waals surface area contributed by atoms with Crippen LogP contribution in [0.1, 0.15) is 27.7 Å². The third-order valence-corrected chi connectivity index (χ3v) is 3.46. The number of rotatable bonds is 2. The molecule has 1 heterocycles. The normalized spacial score (nSPS) is 31.8. The highest BCUT2D eigenvalue weighted by atomic mass is 16.1. The minimum atomic E-state index is -0.316. The molecule has 3 nitrogen and oxygen atoms in total. The fourth-order valence-corrected chi connectivity index (χ4v) is 1.95. The number of hydrogen-bond acceptors (Lipinski definition) is 3. The lowest BCUT2D eigenvalue weighted by Crippen LogP contribution is -2.61. The van der Waals surface area contributed by atoms with Gasteiger partial charge < -0.3 is 4.79 Å². The number of carbonyl (C=O) groups is 1. The van der Waals surface area contributed by atoms with Crippen molar-refractivity contribution in [1.29, 1.82) is 0 Å². The first-order valence-corrected chi connectivity index (χ1v) is 5.32. The van der Waals surface area contributed by atoms with Crippen LogP contribution in [0.4, 0.5) is 0 Å². The van der Waals surface area contributed by atoms with Crippen LogP contribution in [0.15, 0.2) is 0 Å². The van der Waals surface area contributed by atoms with Crippen molar-refractivity contribution in [3.05, 3.63) is 0 Å². The summed E-state index contributed by atoms with van der Waals surface area (Å²) in [6.45, 7) is 10.4. The minimum Gasteiger partial charge on any atom is -0.301 e. The molecule has 0 aliphatic carbocycles. The molecule has 1 aliphatic heterocycles. The second kappa shape index (κ2) is 3.99. The molecule has 82 valence electrons. The topological polar surface area (TPSA) is 23.6 Å². The first-order chi connectivity index (χ1) is 6.38. The second-order valence-electron chi connectivity index (χ2n) is 5.04. The Labute approximate surface area is 87.1 Å². The summed E-state index contributed by atoms with van der Waals surface area (Å²) in [5.74, 6) is 0. The van der Waals surface area contributed by atoms with Gasteiger partial charge >= 0.3 is 0 Å².